The smallest absolute Gasteiger partial charge is 0.416 e. The van der Waals surface area contributed by atoms with E-state index in [9.17, 15) is 18.0 Å². The molecule has 4 N–H and O–H groups in total. The normalized spacial score (nSPS) is 22.1. The second-order valence-corrected chi connectivity index (χ2v) is 9.29. The first kappa shape index (κ1) is 29.5. The highest BCUT2D eigenvalue weighted by molar-refractivity contribution is 5.97. The largest absolute Gasteiger partial charge is 0.469 e. The summed E-state index contributed by atoms with van der Waals surface area (Å²) in [7, 11) is 3.00. The average Bonchev–Trinajstić information content (AvgIpc) is 2.91. The molecule has 2 fully saturated rings. The van der Waals surface area contributed by atoms with Gasteiger partial charge in [-0.1, -0.05) is 12.6 Å². The fraction of sp³-hybridized carbons (Fsp3) is 0.538. The van der Waals surface area contributed by atoms with Crippen molar-refractivity contribution in [1.29, 1.82) is 0 Å². The Labute approximate surface area is 220 Å². The summed E-state index contributed by atoms with van der Waals surface area (Å²) in [6, 6.07) is 4.90. The van der Waals surface area contributed by atoms with Crippen LogP contribution in [0.2, 0.25) is 0 Å². The van der Waals surface area contributed by atoms with Crippen molar-refractivity contribution in [3.05, 3.63) is 53.4 Å². The molecule has 9 nitrogen and oxygen atoms in total. The van der Waals surface area contributed by atoms with Crippen LogP contribution in [0.25, 0.3) is 0 Å². The molecular formula is C26H36F3N5O4. The number of methoxy groups -OCH3 is 2. The van der Waals surface area contributed by atoms with Crippen LogP contribution in [0.3, 0.4) is 0 Å². The number of alkyl halides is 3. The van der Waals surface area contributed by atoms with Crippen LogP contribution in [-0.4, -0.2) is 75.5 Å². The van der Waals surface area contributed by atoms with Crippen molar-refractivity contribution >= 4 is 17.6 Å². The Balaban J connectivity index is 1.71. The van der Waals surface area contributed by atoms with Gasteiger partial charge in [-0.3, -0.25) is 4.79 Å². The van der Waals surface area contributed by atoms with Crippen molar-refractivity contribution in [2.45, 2.75) is 50.6 Å². The first-order valence-corrected chi connectivity index (χ1v) is 12.4. The standard InChI is InChI=1S/C26H36F3N5O4/c1-16(17(2)31-20-7-5-6-18(14-20)26(27,28)29)23(33-25(30)37-4)24(35)34-11-8-19(9-12-34)32-21-10-13-38-15-22(21)36-3/h5-7,14,19,21-22,31-32H,2,8-13,15H2,1,3-4H3,(H2,30,33)/b23-16-/t21-,22+/m0/s1. The minimum absolute atomic E-state index is 0.00381. The van der Waals surface area contributed by atoms with Gasteiger partial charge >= 0.3 is 6.18 Å². The fourth-order valence-corrected chi connectivity index (χ4v) is 4.47. The summed E-state index contributed by atoms with van der Waals surface area (Å²) in [5, 5.41) is 6.49. The lowest BCUT2D eigenvalue weighted by atomic mass is 9.99. The van der Waals surface area contributed by atoms with Gasteiger partial charge < -0.3 is 35.5 Å². The number of aliphatic imine (C=N–C) groups is 1. The van der Waals surface area contributed by atoms with Crippen molar-refractivity contribution < 1.29 is 32.2 Å². The topological polar surface area (TPSA) is 110 Å². The number of nitrogens with two attached hydrogens (primary N) is 1. The molecule has 1 amide bonds. The van der Waals surface area contributed by atoms with Crippen molar-refractivity contribution in [3.8, 4) is 0 Å². The highest BCUT2D eigenvalue weighted by atomic mass is 19.4. The van der Waals surface area contributed by atoms with Gasteiger partial charge in [0.2, 0.25) is 0 Å². The second kappa shape index (κ2) is 13.1. The SMILES string of the molecule is C=C(Nc1cccc(C(F)(F)F)c1)/C(C)=C(\N=C(/N)OC)C(=O)N1CCC(N[C@H]2CCOC[C@H]2OC)CC1. The van der Waals surface area contributed by atoms with E-state index in [1.807, 2.05) is 0 Å². The highest BCUT2D eigenvalue weighted by Gasteiger charge is 2.32. The molecular weight excluding hydrogens is 503 g/mol. The first-order valence-electron chi connectivity index (χ1n) is 12.4. The number of piperidine rings is 1. The van der Waals surface area contributed by atoms with Gasteiger partial charge in [0, 0.05) is 55.8 Å². The van der Waals surface area contributed by atoms with Crippen LogP contribution >= 0.6 is 0 Å². The molecule has 0 saturated carbocycles. The summed E-state index contributed by atoms with van der Waals surface area (Å²) in [6.07, 6.45) is -2.17. The molecule has 2 aliphatic heterocycles. The lowest BCUT2D eigenvalue weighted by Gasteiger charge is -2.38. The quantitative estimate of drug-likeness (QED) is 0.201. The third-order valence-corrected chi connectivity index (χ3v) is 6.77. The van der Waals surface area contributed by atoms with E-state index in [-0.39, 0.29) is 47.2 Å². The monoisotopic (exact) mass is 539 g/mol. The summed E-state index contributed by atoms with van der Waals surface area (Å²) >= 11 is 0. The summed E-state index contributed by atoms with van der Waals surface area (Å²) < 4.78 is 55.3. The van der Waals surface area contributed by atoms with Gasteiger partial charge in [-0.25, -0.2) is 0 Å². The third-order valence-electron chi connectivity index (χ3n) is 6.77. The highest BCUT2D eigenvalue weighted by Crippen LogP contribution is 2.31. The van der Waals surface area contributed by atoms with Crippen molar-refractivity contribution in [3.63, 3.8) is 0 Å². The maximum Gasteiger partial charge on any atom is 0.416 e. The average molecular weight is 540 g/mol. The van der Waals surface area contributed by atoms with Crippen molar-refractivity contribution in [1.82, 2.24) is 10.2 Å². The first-order chi connectivity index (χ1) is 18.0. The van der Waals surface area contributed by atoms with E-state index >= 15 is 0 Å². The molecule has 2 atom stereocenters. The fourth-order valence-electron chi connectivity index (χ4n) is 4.47. The van der Waals surface area contributed by atoms with Gasteiger partial charge in [-0.2, -0.15) is 18.2 Å². The number of benzene rings is 1. The van der Waals surface area contributed by atoms with Crippen LogP contribution in [0.5, 0.6) is 0 Å². The number of hydrogen-bond acceptors (Lipinski definition) is 7. The molecule has 0 unspecified atom stereocenters. The Morgan fingerprint density at radius 1 is 1.24 bits per heavy atom. The number of amides is 1. The van der Waals surface area contributed by atoms with Crippen LogP contribution in [0, 0.1) is 0 Å². The zero-order valence-electron chi connectivity index (χ0n) is 21.9. The van der Waals surface area contributed by atoms with Gasteiger partial charge in [0.1, 0.15) is 5.70 Å². The number of halogens is 3. The second-order valence-electron chi connectivity index (χ2n) is 9.29. The Bertz CT molecular complexity index is 1050. The van der Waals surface area contributed by atoms with E-state index in [0.717, 1.165) is 31.4 Å². The van der Waals surface area contributed by atoms with Crippen LogP contribution in [0.1, 0.15) is 31.7 Å². The molecule has 2 heterocycles. The molecule has 2 aliphatic rings. The number of likely N-dealkylation sites (tertiary alicyclic amines) is 1. The Kier molecular flexibility index (Phi) is 10.2. The number of hydrogen-bond donors (Lipinski definition) is 3. The zero-order valence-corrected chi connectivity index (χ0v) is 21.9. The molecule has 0 bridgehead atoms. The summed E-state index contributed by atoms with van der Waals surface area (Å²) in [6.45, 7) is 7.73. The Morgan fingerprint density at radius 3 is 2.58 bits per heavy atom. The van der Waals surface area contributed by atoms with Crippen molar-refractivity contribution in [2.24, 2.45) is 10.7 Å². The van der Waals surface area contributed by atoms with Gasteiger partial charge in [-0.15, -0.1) is 0 Å². The summed E-state index contributed by atoms with van der Waals surface area (Å²) in [4.78, 5) is 19.3. The molecule has 0 aliphatic carbocycles. The van der Waals surface area contributed by atoms with Crippen LogP contribution in [0.15, 0.2) is 52.8 Å². The van der Waals surface area contributed by atoms with Crippen molar-refractivity contribution in [2.75, 3.05) is 45.8 Å². The molecule has 1 aromatic rings. The van der Waals surface area contributed by atoms with Crippen LogP contribution in [-0.2, 0) is 25.2 Å². The molecule has 210 valence electrons. The maximum absolute atomic E-state index is 13.5. The molecule has 0 spiro atoms. The number of anilines is 1. The molecule has 1 aromatic carbocycles. The minimum Gasteiger partial charge on any atom is -0.469 e. The molecule has 2 saturated heterocycles. The van der Waals surface area contributed by atoms with E-state index in [0.29, 0.717) is 31.9 Å². The molecule has 0 radical (unpaired) electrons. The minimum atomic E-state index is -4.49. The van der Waals surface area contributed by atoms with Gasteiger partial charge in [0.05, 0.1) is 25.4 Å². The van der Waals surface area contributed by atoms with Crippen LogP contribution < -0.4 is 16.4 Å². The predicted octanol–water partition coefficient (Wildman–Crippen LogP) is 3.25. The zero-order chi connectivity index (χ0) is 27.9. The van der Waals surface area contributed by atoms with Crippen LogP contribution in [0.4, 0.5) is 18.9 Å². The van der Waals surface area contributed by atoms with E-state index in [2.05, 4.69) is 22.2 Å². The summed E-state index contributed by atoms with van der Waals surface area (Å²) in [5.41, 5.74) is 5.69. The number of carbonyl (C=O) groups excluding carboxylic acids is 1. The predicted molar refractivity (Wildman–Crippen MR) is 138 cm³/mol. The number of nitrogens with one attached hydrogen (secondary N) is 2. The number of allylic oxidation sites excluding steroid dienone is 1. The number of nitrogens with zero attached hydrogens (tertiary/aromatic N) is 2. The Hall–Kier alpha value is -3.09. The number of carbonyl (C=O) groups is 1. The van der Waals surface area contributed by atoms with E-state index in [4.69, 9.17) is 19.9 Å². The third kappa shape index (κ3) is 7.71. The van der Waals surface area contributed by atoms with E-state index in [1.54, 1.807) is 18.9 Å². The summed E-state index contributed by atoms with van der Waals surface area (Å²) in [5.74, 6) is -0.367. The van der Waals surface area contributed by atoms with Gasteiger partial charge in [-0.05, 0) is 44.4 Å². The number of amidine groups is 1. The lowest BCUT2D eigenvalue weighted by Crippen LogP contribution is -2.54. The van der Waals surface area contributed by atoms with Gasteiger partial charge in [0.25, 0.3) is 11.9 Å². The number of ether oxygens (including phenoxy) is 3. The molecule has 3 rings (SSSR count). The molecule has 0 aromatic heterocycles. The van der Waals surface area contributed by atoms with E-state index in [1.165, 1.54) is 19.2 Å². The van der Waals surface area contributed by atoms with Gasteiger partial charge in [0.15, 0.2) is 0 Å². The number of rotatable bonds is 8. The van der Waals surface area contributed by atoms with E-state index < -0.39 is 11.7 Å². The molecule has 38 heavy (non-hydrogen) atoms. The lowest BCUT2D eigenvalue weighted by molar-refractivity contribution is -0.137. The molecule has 12 heteroatoms. The maximum atomic E-state index is 13.5. The Morgan fingerprint density at radius 2 is 1.95 bits per heavy atom.